The highest BCUT2D eigenvalue weighted by Gasteiger charge is 2.20. The van der Waals surface area contributed by atoms with Gasteiger partial charge in [-0.3, -0.25) is 0 Å². The molecule has 0 radical (unpaired) electrons. The van der Waals surface area contributed by atoms with Crippen LogP contribution in [-0.4, -0.2) is 27.7 Å². The molecule has 4 aromatic rings. The van der Waals surface area contributed by atoms with Crippen molar-refractivity contribution >= 4 is 55.6 Å². The normalized spacial score (nSPS) is 12.0. The molecule has 0 saturated heterocycles. The van der Waals surface area contributed by atoms with Gasteiger partial charge >= 0.3 is 5.97 Å². The van der Waals surface area contributed by atoms with Gasteiger partial charge in [-0.25, -0.2) is 9.78 Å². The topological polar surface area (TPSA) is 99.0 Å². The average molecular weight is 410 g/mol. The molecule has 138 valence electrons. The van der Waals surface area contributed by atoms with Crippen molar-refractivity contribution in [1.29, 1.82) is 5.26 Å². The number of para-hydroxylation sites is 2. The predicted octanol–water partition coefficient (Wildman–Crippen LogP) is 5.08. The van der Waals surface area contributed by atoms with Gasteiger partial charge in [0.2, 0.25) is 0 Å². The first kappa shape index (κ1) is 18.0. The van der Waals surface area contributed by atoms with E-state index in [2.05, 4.69) is 9.97 Å². The molecule has 0 unspecified atom stereocenters. The molecule has 0 aliphatic carbocycles. The molecule has 0 aliphatic rings. The molecule has 0 amide bonds. The number of nitrogens with one attached hydrogen (secondary N) is 1. The van der Waals surface area contributed by atoms with E-state index >= 15 is 0 Å². The number of thiophene rings is 1. The first-order valence-electron chi connectivity index (χ1n) is 8.20. The Morgan fingerprint density at radius 3 is 2.75 bits per heavy atom. The van der Waals surface area contributed by atoms with Crippen LogP contribution in [0.5, 0.6) is 0 Å². The third-order valence-corrected chi connectivity index (χ3v) is 5.74. The van der Waals surface area contributed by atoms with Crippen molar-refractivity contribution in [2.24, 2.45) is 0 Å². The van der Waals surface area contributed by atoms with E-state index in [1.165, 1.54) is 11.3 Å². The molecule has 0 aliphatic heterocycles. The zero-order valence-corrected chi connectivity index (χ0v) is 15.8. The number of esters is 1. The van der Waals surface area contributed by atoms with Crippen molar-refractivity contribution in [1.82, 2.24) is 9.97 Å². The second-order valence-electron chi connectivity index (χ2n) is 5.85. The van der Waals surface area contributed by atoms with E-state index in [9.17, 15) is 15.2 Å². The SMILES string of the molecule is N#C/C(=C(/O)COC(=O)c1sc2ccccc2c1Cl)c1nc2ccccc2[nH]1. The molecule has 2 aromatic heterocycles. The number of aromatic amines is 1. The summed E-state index contributed by atoms with van der Waals surface area (Å²) < 4.78 is 6.03. The number of carbonyl (C=O) groups excluding carboxylic acids is 1. The summed E-state index contributed by atoms with van der Waals surface area (Å²) in [5.41, 5.74) is 1.30. The van der Waals surface area contributed by atoms with Gasteiger partial charge in [0.15, 0.2) is 11.6 Å². The van der Waals surface area contributed by atoms with Crippen LogP contribution in [0.2, 0.25) is 5.02 Å². The number of aliphatic hydroxyl groups is 1. The molecule has 0 fully saturated rings. The molecule has 0 saturated carbocycles. The fraction of sp³-hybridized carbons (Fsp3) is 0.0500. The van der Waals surface area contributed by atoms with E-state index < -0.39 is 18.3 Å². The van der Waals surface area contributed by atoms with Crippen LogP contribution in [0.1, 0.15) is 15.5 Å². The largest absolute Gasteiger partial charge is 0.507 e. The number of hydrogen-bond acceptors (Lipinski definition) is 6. The molecule has 2 heterocycles. The lowest BCUT2D eigenvalue weighted by molar-refractivity contribution is 0.0508. The first-order chi connectivity index (χ1) is 13.6. The Labute approximate surface area is 168 Å². The van der Waals surface area contributed by atoms with Gasteiger partial charge in [-0.1, -0.05) is 41.9 Å². The minimum Gasteiger partial charge on any atom is -0.507 e. The number of fused-ring (bicyclic) bond motifs is 2. The van der Waals surface area contributed by atoms with Crippen LogP contribution >= 0.6 is 22.9 Å². The van der Waals surface area contributed by atoms with Gasteiger partial charge in [0.05, 0.1) is 16.1 Å². The molecule has 6 nitrogen and oxygen atoms in total. The summed E-state index contributed by atoms with van der Waals surface area (Å²) in [5, 5.41) is 20.8. The highest BCUT2D eigenvalue weighted by atomic mass is 35.5. The molecular weight excluding hydrogens is 398 g/mol. The van der Waals surface area contributed by atoms with Crippen LogP contribution in [0.25, 0.3) is 26.7 Å². The van der Waals surface area contributed by atoms with Crippen molar-refractivity contribution in [2.45, 2.75) is 0 Å². The first-order valence-corrected chi connectivity index (χ1v) is 9.39. The summed E-state index contributed by atoms with van der Waals surface area (Å²) in [5.74, 6) is -0.857. The molecule has 2 aromatic carbocycles. The molecule has 2 N–H and O–H groups in total. The van der Waals surface area contributed by atoms with Crippen LogP contribution in [0.4, 0.5) is 0 Å². The maximum Gasteiger partial charge on any atom is 0.350 e. The number of imidazole rings is 1. The van der Waals surface area contributed by atoms with E-state index in [1.807, 2.05) is 42.5 Å². The maximum atomic E-state index is 12.4. The molecule has 0 spiro atoms. The molecule has 4 rings (SSSR count). The number of rotatable bonds is 4. The minimum absolute atomic E-state index is 0.0913. The van der Waals surface area contributed by atoms with E-state index in [4.69, 9.17) is 16.3 Å². The number of aromatic nitrogens is 2. The Hall–Kier alpha value is -3.34. The molecule has 28 heavy (non-hydrogen) atoms. The number of halogens is 1. The van der Waals surface area contributed by atoms with Gasteiger partial charge in [-0.2, -0.15) is 5.26 Å². The van der Waals surface area contributed by atoms with Gasteiger partial charge < -0.3 is 14.8 Å². The monoisotopic (exact) mass is 409 g/mol. The van der Waals surface area contributed by atoms with Crippen molar-refractivity contribution in [2.75, 3.05) is 6.61 Å². The minimum atomic E-state index is -0.667. The fourth-order valence-electron chi connectivity index (χ4n) is 2.74. The quantitative estimate of drug-likeness (QED) is 0.278. The standard InChI is InChI=1S/C20H12ClN3O3S/c21-17-11-5-1-4-8-16(11)28-18(17)20(26)27-10-15(25)12(9-22)19-23-13-6-2-3-7-14(13)24-19/h1-8,25H,10H2,(H,23,24)/b15-12-. The zero-order valence-electron chi connectivity index (χ0n) is 14.3. The van der Waals surface area contributed by atoms with E-state index in [1.54, 1.807) is 12.1 Å². The van der Waals surface area contributed by atoms with Gasteiger partial charge in [0.25, 0.3) is 0 Å². The summed E-state index contributed by atoms with van der Waals surface area (Å²) in [7, 11) is 0. The number of allylic oxidation sites excluding steroid dienone is 1. The Morgan fingerprint density at radius 1 is 1.25 bits per heavy atom. The van der Waals surface area contributed by atoms with Gasteiger partial charge in [-0.05, 0) is 18.2 Å². The van der Waals surface area contributed by atoms with Crippen LogP contribution in [0.15, 0.2) is 54.3 Å². The number of H-pyrrole nitrogens is 1. The number of nitriles is 1. The number of aliphatic hydroxyl groups excluding tert-OH is 1. The number of nitrogens with zero attached hydrogens (tertiary/aromatic N) is 2. The highest BCUT2D eigenvalue weighted by Crippen LogP contribution is 2.35. The van der Waals surface area contributed by atoms with Crippen LogP contribution in [0, 0.1) is 11.3 Å². The van der Waals surface area contributed by atoms with Gasteiger partial charge in [0, 0.05) is 10.1 Å². The smallest absolute Gasteiger partial charge is 0.350 e. The maximum absolute atomic E-state index is 12.4. The second-order valence-corrected chi connectivity index (χ2v) is 7.28. The van der Waals surface area contributed by atoms with E-state index in [0.717, 1.165) is 15.6 Å². The Kier molecular flexibility index (Phi) is 4.74. The number of ether oxygens (including phenoxy) is 1. The van der Waals surface area contributed by atoms with Crippen LogP contribution in [0.3, 0.4) is 0 Å². The zero-order chi connectivity index (χ0) is 19.7. The summed E-state index contributed by atoms with van der Waals surface area (Å²) in [6, 6.07) is 16.5. The molecule has 0 atom stereocenters. The Bertz CT molecular complexity index is 1250. The van der Waals surface area contributed by atoms with Crippen molar-refractivity contribution in [3.8, 4) is 6.07 Å². The third kappa shape index (κ3) is 3.20. The summed E-state index contributed by atoms with van der Waals surface area (Å²) in [4.78, 5) is 19.9. The highest BCUT2D eigenvalue weighted by molar-refractivity contribution is 7.21. The lowest BCUT2D eigenvalue weighted by atomic mass is 10.2. The Balaban J connectivity index is 1.57. The molecule has 8 heteroatoms. The van der Waals surface area contributed by atoms with Crippen LogP contribution in [-0.2, 0) is 4.74 Å². The summed E-state index contributed by atoms with van der Waals surface area (Å²) >= 11 is 7.48. The number of benzene rings is 2. The summed E-state index contributed by atoms with van der Waals surface area (Å²) in [6.45, 7) is -0.469. The van der Waals surface area contributed by atoms with Crippen molar-refractivity contribution in [3.05, 3.63) is 70.0 Å². The average Bonchev–Trinajstić information content (AvgIpc) is 3.28. The number of hydrogen-bond donors (Lipinski definition) is 2. The lowest BCUT2D eigenvalue weighted by Gasteiger charge is -2.04. The molecule has 0 bridgehead atoms. The van der Waals surface area contributed by atoms with Crippen molar-refractivity contribution < 1.29 is 14.6 Å². The van der Waals surface area contributed by atoms with Crippen molar-refractivity contribution in [3.63, 3.8) is 0 Å². The summed E-state index contributed by atoms with van der Waals surface area (Å²) in [6.07, 6.45) is 0. The van der Waals surface area contributed by atoms with E-state index in [-0.39, 0.29) is 16.3 Å². The Morgan fingerprint density at radius 2 is 2.00 bits per heavy atom. The van der Waals surface area contributed by atoms with Crippen LogP contribution < -0.4 is 0 Å². The third-order valence-electron chi connectivity index (χ3n) is 4.09. The van der Waals surface area contributed by atoms with E-state index in [0.29, 0.717) is 10.5 Å². The van der Waals surface area contributed by atoms with Gasteiger partial charge in [0.1, 0.15) is 23.1 Å². The lowest BCUT2D eigenvalue weighted by Crippen LogP contribution is -2.08. The molecular formula is C20H12ClN3O3S. The predicted molar refractivity (Wildman–Crippen MR) is 108 cm³/mol. The van der Waals surface area contributed by atoms with Gasteiger partial charge in [-0.15, -0.1) is 11.3 Å². The number of carbonyl (C=O) groups is 1. The second kappa shape index (κ2) is 7.35. The fourth-order valence-corrected chi connectivity index (χ4v) is 4.14.